The lowest BCUT2D eigenvalue weighted by atomic mass is 10.2. The van der Waals surface area contributed by atoms with E-state index in [2.05, 4.69) is 37.9 Å². The van der Waals surface area contributed by atoms with Gasteiger partial charge in [-0.3, -0.25) is 10.00 Å². The van der Waals surface area contributed by atoms with Gasteiger partial charge in [-0.25, -0.2) is 0 Å². The maximum atomic E-state index is 5.36. The summed E-state index contributed by atoms with van der Waals surface area (Å²) in [6.07, 6.45) is 3.09. The Balaban J connectivity index is 1.39. The van der Waals surface area contributed by atoms with Crippen LogP contribution in [-0.2, 0) is 11.3 Å². The molecular formula is C15H22N4OS. The highest BCUT2D eigenvalue weighted by Gasteiger charge is 2.10. The van der Waals surface area contributed by atoms with Crippen molar-refractivity contribution in [1.82, 2.24) is 20.4 Å². The van der Waals surface area contributed by atoms with Crippen LogP contribution in [0.4, 0.5) is 0 Å². The fourth-order valence-electron chi connectivity index (χ4n) is 2.55. The van der Waals surface area contributed by atoms with Crippen LogP contribution in [-0.4, -0.2) is 54.5 Å². The van der Waals surface area contributed by atoms with E-state index < -0.39 is 0 Å². The zero-order chi connectivity index (χ0) is 14.3. The zero-order valence-electron chi connectivity index (χ0n) is 12.2. The van der Waals surface area contributed by atoms with Crippen molar-refractivity contribution < 1.29 is 4.74 Å². The first-order valence-corrected chi connectivity index (χ1v) is 8.38. The molecule has 0 spiro atoms. The number of hydrogen-bond donors (Lipinski definition) is 2. The van der Waals surface area contributed by atoms with Crippen LogP contribution in [0.15, 0.2) is 23.7 Å². The lowest BCUT2D eigenvalue weighted by Gasteiger charge is -2.26. The largest absolute Gasteiger partial charge is 0.379 e. The fraction of sp³-hybridized carbons (Fsp3) is 0.533. The molecule has 0 atom stereocenters. The first-order chi connectivity index (χ1) is 10.4. The monoisotopic (exact) mass is 306 g/mol. The summed E-state index contributed by atoms with van der Waals surface area (Å²) in [6.45, 7) is 6.96. The Hall–Kier alpha value is -1.21. The van der Waals surface area contributed by atoms with Gasteiger partial charge in [0.05, 0.1) is 30.0 Å². The molecule has 2 aromatic heterocycles. The van der Waals surface area contributed by atoms with Gasteiger partial charge in [0.2, 0.25) is 0 Å². The summed E-state index contributed by atoms with van der Waals surface area (Å²) in [5.41, 5.74) is 2.38. The summed E-state index contributed by atoms with van der Waals surface area (Å²) >= 11 is 1.74. The molecule has 0 bridgehead atoms. The fourth-order valence-corrected chi connectivity index (χ4v) is 3.31. The molecule has 0 aromatic carbocycles. The Bertz CT molecular complexity index is 520. The first-order valence-electron chi connectivity index (χ1n) is 7.50. The molecule has 1 aliphatic rings. The number of H-pyrrole nitrogens is 1. The lowest BCUT2D eigenvalue weighted by molar-refractivity contribution is 0.0374. The minimum absolute atomic E-state index is 0.868. The SMILES string of the molecule is c1csc(-c2[nH]ncc2CNCCCN2CCOCC2)c1. The molecule has 0 radical (unpaired) electrons. The topological polar surface area (TPSA) is 53.2 Å². The molecule has 1 saturated heterocycles. The molecular weight excluding hydrogens is 284 g/mol. The highest BCUT2D eigenvalue weighted by molar-refractivity contribution is 7.13. The van der Waals surface area contributed by atoms with Crippen LogP contribution in [0.1, 0.15) is 12.0 Å². The van der Waals surface area contributed by atoms with E-state index in [-0.39, 0.29) is 0 Å². The van der Waals surface area contributed by atoms with Crippen molar-refractivity contribution in [2.24, 2.45) is 0 Å². The van der Waals surface area contributed by atoms with Crippen molar-refractivity contribution in [2.75, 3.05) is 39.4 Å². The summed E-state index contributed by atoms with van der Waals surface area (Å²) in [7, 11) is 0. The quantitative estimate of drug-likeness (QED) is 0.768. The Labute approximate surface area is 129 Å². The summed E-state index contributed by atoms with van der Waals surface area (Å²) in [5, 5.41) is 12.9. The highest BCUT2D eigenvalue weighted by Crippen LogP contribution is 2.25. The average Bonchev–Trinajstić information content (AvgIpc) is 3.19. The van der Waals surface area contributed by atoms with Gasteiger partial charge < -0.3 is 10.1 Å². The summed E-state index contributed by atoms with van der Waals surface area (Å²) in [4.78, 5) is 3.72. The van der Waals surface area contributed by atoms with Gasteiger partial charge in [0.15, 0.2) is 0 Å². The van der Waals surface area contributed by atoms with Gasteiger partial charge in [-0.2, -0.15) is 5.10 Å². The average molecular weight is 306 g/mol. The van der Waals surface area contributed by atoms with Crippen LogP contribution in [0.3, 0.4) is 0 Å². The van der Waals surface area contributed by atoms with Gasteiger partial charge in [0, 0.05) is 25.2 Å². The van der Waals surface area contributed by atoms with Crippen LogP contribution in [0.2, 0.25) is 0 Å². The zero-order valence-corrected chi connectivity index (χ0v) is 13.0. The Morgan fingerprint density at radius 1 is 1.38 bits per heavy atom. The Morgan fingerprint density at radius 3 is 3.10 bits per heavy atom. The highest BCUT2D eigenvalue weighted by atomic mass is 32.1. The summed E-state index contributed by atoms with van der Waals surface area (Å²) in [5.74, 6) is 0. The van der Waals surface area contributed by atoms with E-state index in [0.717, 1.165) is 51.6 Å². The smallest absolute Gasteiger partial charge is 0.0794 e. The van der Waals surface area contributed by atoms with Crippen molar-refractivity contribution in [2.45, 2.75) is 13.0 Å². The van der Waals surface area contributed by atoms with E-state index in [1.54, 1.807) is 11.3 Å². The molecule has 2 N–H and O–H groups in total. The van der Waals surface area contributed by atoms with E-state index in [0.29, 0.717) is 0 Å². The molecule has 5 nitrogen and oxygen atoms in total. The maximum absolute atomic E-state index is 5.36. The molecule has 0 amide bonds. The van der Waals surface area contributed by atoms with Crippen LogP contribution in [0.25, 0.3) is 10.6 Å². The number of rotatable bonds is 7. The number of ether oxygens (including phenoxy) is 1. The van der Waals surface area contributed by atoms with Gasteiger partial charge in [0.1, 0.15) is 0 Å². The number of thiophene rings is 1. The molecule has 0 aliphatic carbocycles. The van der Waals surface area contributed by atoms with Crippen LogP contribution >= 0.6 is 11.3 Å². The minimum atomic E-state index is 0.868. The number of aromatic nitrogens is 2. The van der Waals surface area contributed by atoms with E-state index in [9.17, 15) is 0 Å². The van der Waals surface area contributed by atoms with E-state index in [4.69, 9.17) is 4.74 Å². The van der Waals surface area contributed by atoms with E-state index in [1.165, 1.54) is 16.9 Å². The molecule has 0 saturated carbocycles. The van der Waals surface area contributed by atoms with Crippen LogP contribution < -0.4 is 5.32 Å². The molecule has 6 heteroatoms. The van der Waals surface area contributed by atoms with Gasteiger partial charge in [-0.1, -0.05) is 6.07 Å². The van der Waals surface area contributed by atoms with Crippen molar-refractivity contribution in [1.29, 1.82) is 0 Å². The first kappa shape index (κ1) is 14.7. The Morgan fingerprint density at radius 2 is 2.29 bits per heavy atom. The lowest BCUT2D eigenvalue weighted by Crippen LogP contribution is -2.37. The van der Waals surface area contributed by atoms with E-state index >= 15 is 0 Å². The summed E-state index contributed by atoms with van der Waals surface area (Å²) < 4.78 is 5.36. The number of morpholine rings is 1. The summed E-state index contributed by atoms with van der Waals surface area (Å²) in [6, 6.07) is 4.19. The predicted molar refractivity (Wildman–Crippen MR) is 85.5 cm³/mol. The third-order valence-electron chi connectivity index (χ3n) is 3.73. The maximum Gasteiger partial charge on any atom is 0.0794 e. The second-order valence-corrected chi connectivity index (χ2v) is 6.18. The van der Waals surface area contributed by atoms with Crippen molar-refractivity contribution in [3.8, 4) is 10.6 Å². The molecule has 2 aromatic rings. The number of nitrogens with one attached hydrogen (secondary N) is 2. The van der Waals surface area contributed by atoms with Gasteiger partial charge >= 0.3 is 0 Å². The minimum Gasteiger partial charge on any atom is -0.379 e. The van der Waals surface area contributed by atoms with Crippen molar-refractivity contribution in [3.63, 3.8) is 0 Å². The van der Waals surface area contributed by atoms with Crippen molar-refractivity contribution in [3.05, 3.63) is 29.3 Å². The molecule has 1 fully saturated rings. The Kier molecular flexibility index (Phi) is 5.40. The van der Waals surface area contributed by atoms with Crippen LogP contribution in [0, 0.1) is 0 Å². The standard InChI is InChI=1S/C15H22N4OS/c1-3-14(21-10-1)15-13(12-17-18-15)11-16-4-2-5-19-6-8-20-9-7-19/h1,3,10,12,16H,2,4-9,11H2,(H,17,18). The molecule has 0 unspecified atom stereocenters. The van der Waals surface area contributed by atoms with E-state index in [1.807, 2.05) is 6.20 Å². The normalized spacial score (nSPS) is 16.4. The number of hydrogen-bond acceptors (Lipinski definition) is 5. The molecule has 114 valence electrons. The molecule has 3 heterocycles. The third kappa shape index (κ3) is 4.14. The molecule has 1 aliphatic heterocycles. The van der Waals surface area contributed by atoms with Gasteiger partial charge in [-0.05, 0) is 31.0 Å². The van der Waals surface area contributed by atoms with Gasteiger partial charge in [0.25, 0.3) is 0 Å². The molecule has 21 heavy (non-hydrogen) atoms. The second kappa shape index (κ2) is 7.70. The number of aromatic amines is 1. The van der Waals surface area contributed by atoms with Crippen LogP contribution in [0.5, 0.6) is 0 Å². The molecule has 3 rings (SSSR count). The van der Waals surface area contributed by atoms with Crippen molar-refractivity contribution >= 4 is 11.3 Å². The third-order valence-corrected chi connectivity index (χ3v) is 4.62. The van der Waals surface area contributed by atoms with Gasteiger partial charge in [-0.15, -0.1) is 11.3 Å². The predicted octanol–water partition coefficient (Wildman–Crippen LogP) is 1.95. The number of nitrogens with zero attached hydrogens (tertiary/aromatic N) is 2. The second-order valence-electron chi connectivity index (χ2n) is 5.23.